The lowest BCUT2D eigenvalue weighted by atomic mass is 10.3. The quantitative estimate of drug-likeness (QED) is 0.820. The SMILES string of the molecule is CC(C)NS(=O)(=O)c1ccccc1NCCc1nccs1. The average Bonchev–Trinajstić information content (AvgIpc) is 2.91. The number of nitrogens with zero attached hydrogens (tertiary/aromatic N) is 1. The lowest BCUT2D eigenvalue weighted by Crippen LogP contribution is -2.30. The van der Waals surface area contributed by atoms with Gasteiger partial charge in [0, 0.05) is 30.6 Å². The third-order valence-electron chi connectivity index (χ3n) is 2.71. The maximum atomic E-state index is 12.3. The van der Waals surface area contributed by atoms with Crippen molar-refractivity contribution < 1.29 is 8.42 Å². The molecule has 0 amide bonds. The molecule has 0 bridgehead atoms. The van der Waals surface area contributed by atoms with Crippen LogP contribution in [0.25, 0.3) is 0 Å². The molecule has 0 spiro atoms. The van der Waals surface area contributed by atoms with Crippen molar-refractivity contribution in [1.29, 1.82) is 0 Å². The zero-order valence-corrected chi connectivity index (χ0v) is 13.7. The van der Waals surface area contributed by atoms with E-state index in [0.717, 1.165) is 11.4 Å². The summed E-state index contributed by atoms with van der Waals surface area (Å²) in [6.45, 7) is 4.24. The van der Waals surface area contributed by atoms with Crippen LogP contribution in [0.15, 0.2) is 40.7 Å². The third-order valence-corrected chi connectivity index (χ3v) is 5.26. The van der Waals surface area contributed by atoms with Crippen molar-refractivity contribution in [3.63, 3.8) is 0 Å². The van der Waals surface area contributed by atoms with Crippen LogP contribution in [0, 0.1) is 0 Å². The van der Waals surface area contributed by atoms with Crippen molar-refractivity contribution in [1.82, 2.24) is 9.71 Å². The predicted octanol–water partition coefficient (Wildman–Crippen LogP) is 2.48. The minimum absolute atomic E-state index is 0.140. The molecule has 0 fully saturated rings. The first kappa shape index (κ1) is 15.9. The van der Waals surface area contributed by atoms with E-state index in [1.807, 2.05) is 11.4 Å². The lowest BCUT2D eigenvalue weighted by Gasteiger charge is -2.14. The van der Waals surface area contributed by atoms with E-state index >= 15 is 0 Å². The number of nitrogens with one attached hydrogen (secondary N) is 2. The first-order chi connectivity index (χ1) is 9.99. The standard InChI is InChI=1S/C14H19N3O2S2/c1-11(2)17-21(18,19)13-6-4-3-5-12(13)15-8-7-14-16-9-10-20-14/h3-6,9-11,15,17H,7-8H2,1-2H3. The molecule has 0 saturated heterocycles. The van der Waals surface area contributed by atoms with E-state index in [1.54, 1.807) is 49.6 Å². The van der Waals surface area contributed by atoms with Gasteiger partial charge in [0.15, 0.2) is 0 Å². The van der Waals surface area contributed by atoms with Gasteiger partial charge in [0.2, 0.25) is 10.0 Å². The summed E-state index contributed by atoms with van der Waals surface area (Å²) in [7, 11) is -3.50. The summed E-state index contributed by atoms with van der Waals surface area (Å²) >= 11 is 1.59. The molecule has 0 unspecified atom stereocenters. The van der Waals surface area contributed by atoms with E-state index in [1.165, 1.54) is 0 Å². The number of benzene rings is 1. The van der Waals surface area contributed by atoms with Crippen LogP contribution in [0.5, 0.6) is 0 Å². The molecular weight excluding hydrogens is 306 g/mol. The fourth-order valence-electron chi connectivity index (χ4n) is 1.90. The van der Waals surface area contributed by atoms with Gasteiger partial charge in [0.05, 0.1) is 10.7 Å². The maximum absolute atomic E-state index is 12.3. The van der Waals surface area contributed by atoms with Crippen LogP contribution in [0.2, 0.25) is 0 Å². The van der Waals surface area contributed by atoms with E-state index in [-0.39, 0.29) is 10.9 Å². The Hall–Kier alpha value is -1.44. The highest BCUT2D eigenvalue weighted by Crippen LogP contribution is 2.21. The number of aromatic nitrogens is 1. The summed E-state index contributed by atoms with van der Waals surface area (Å²) in [4.78, 5) is 4.48. The highest BCUT2D eigenvalue weighted by atomic mass is 32.2. The molecule has 0 aliphatic carbocycles. The number of thiazole rings is 1. The Bertz CT molecular complexity index is 667. The number of hydrogen-bond acceptors (Lipinski definition) is 5. The molecule has 0 saturated carbocycles. The number of rotatable bonds is 7. The van der Waals surface area contributed by atoms with Crippen molar-refractivity contribution >= 4 is 27.0 Å². The van der Waals surface area contributed by atoms with E-state index in [9.17, 15) is 8.42 Å². The van der Waals surface area contributed by atoms with Gasteiger partial charge >= 0.3 is 0 Å². The topological polar surface area (TPSA) is 71.1 Å². The summed E-state index contributed by atoms with van der Waals surface area (Å²) in [5.41, 5.74) is 0.613. The molecule has 0 atom stereocenters. The molecule has 0 aliphatic heterocycles. The number of sulfonamides is 1. The van der Waals surface area contributed by atoms with Crippen molar-refractivity contribution in [3.8, 4) is 0 Å². The Kier molecular flexibility index (Phi) is 5.33. The average molecular weight is 325 g/mol. The van der Waals surface area contributed by atoms with Gasteiger partial charge in [-0.15, -0.1) is 11.3 Å². The van der Waals surface area contributed by atoms with Gasteiger partial charge in [-0.05, 0) is 26.0 Å². The molecule has 2 rings (SSSR count). The molecule has 1 aromatic carbocycles. The second kappa shape index (κ2) is 7.02. The van der Waals surface area contributed by atoms with Gasteiger partial charge < -0.3 is 5.32 Å². The third kappa shape index (κ3) is 4.52. The summed E-state index contributed by atoms with van der Waals surface area (Å²) < 4.78 is 27.2. The molecule has 0 aliphatic rings. The van der Waals surface area contributed by atoms with Crippen molar-refractivity contribution in [2.24, 2.45) is 0 Å². The minimum Gasteiger partial charge on any atom is -0.384 e. The predicted molar refractivity (Wildman–Crippen MR) is 86.2 cm³/mol. The first-order valence-electron chi connectivity index (χ1n) is 6.72. The lowest BCUT2D eigenvalue weighted by molar-refractivity contribution is 0.570. The van der Waals surface area contributed by atoms with Gasteiger partial charge in [-0.2, -0.15) is 0 Å². The molecule has 1 heterocycles. The second-order valence-electron chi connectivity index (χ2n) is 4.87. The Morgan fingerprint density at radius 3 is 2.71 bits per heavy atom. The summed E-state index contributed by atoms with van der Waals surface area (Å²) in [5, 5.41) is 6.14. The van der Waals surface area contributed by atoms with Crippen molar-refractivity contribution in [3.05, 3.63) is 40.8 Å². The zero-order valence-electron chi connectivity index (χ0n) is 12.0. The number of anilines is 1. The summed E-state index contributed by atoms with van der Waals surface area (Å²) in [5.74, 6) is 0. The smallest absolute Gasteiger partial charge is 0.242 e. The van der Waals surface area contributed by atoms with Crippen LogP contribution < -0.4 is 10.0 Å². The second-order valence-corrected chi connectivity index (χ2v) is 7.54. The molecule has 21 heavy (non-hydrogen) atoms. The van der Waals surface area contributed by atoms with Crippen LogP contribution in [-0.2, 0) is 16.4 Å². The normalized spacial score (nSPS) is 11.8. The molecule has 114 valence electrons. The van der Waals surface area contributed by atoms with Gasteiger partial charge in [0.25, 0.3) is 0 Å². The fourth-order valence-corrected chi connectivity index (χ4v) is 3.96. The Balaban J connectivity index is 2.09. The Morgan fingerprint density at radius 1 is 1.29 bits per heavy atom. The van der Waals surface area contributed by atoms with Crippen LogP contribution in [0.4, 0.5) is 5.69 Å². The van der Waals surface area contributed by atoms with Crippen LogP contribution >= 0.6 is 11.3 Å². The highest BCUT2D eigenvalue weighted by molar-refractivity contribution is 7.89. The largest absolute Gasteiger partial charge is 0.384 e. The number of para-hydroxylation sites is 1. The molecule has 2 N–H and O–H groups in total. The molecule has 2 aromatic rings. The Morgan fingerprint density at radius 2 is 2.05 bits per heavy atom. The van der Waals surface area contributed by atoms with E-state index < -0.39 is 10.0 Å². The highest BCUT2D eigenvalue weighted by Gasteiger charge is 2.18. The molecular formula is C14H19N3O2S2. The minimum atomic E-state index is -3.50. The fraction of sp³-hybridized carbons (Fsp3) is 0.357. The summed E-state index contributed by atoms with van der Waals surface area (Å²) in [6.07, 6.45) is 2.54. The van der Waals surface area contributed by atoms with Gasteiger partial charge in [-0.1, -0.05) is 12.1 Å². The Labute approximate surface area is 129 Å². The van der Waals surface area contributed by atoms with E-state index in [0.29, 0.717) is 12.2 Å². The summed E-state index contributed by atoms with van der Waals surface area (Å²) in [6, 6.07) is 6.78. The number of hydrogen-bond donors (Lipinski definition) is 2. The van der Waals surface area contributed by atoms with E-state index in [2.05, 4.69) is 15.0 Å². The molecule has 0 radical (unpaired) electrons. The molecule has 7 heteroatoms. The first-order valence-corrected chi connectivity index (χ1v) is 9.09. The molecule has 1 aromatic heterocycles. The zero-order chi connectivity index (χ0) is 15.3. The molecule has 5 nitrogen and oxygen atoms in total. The van der Waals surface area contributed by atoms with Crippen molar-refractivity contribution in [2.45, 2.75) is 31.2 Å². The van der Waals surface area contributed by atoms with Gasteiger partial charge in [0.1, 0.15) is 4.90 Å². The van der Waals surface area contributed by atoms with Gasteiger partial charge in [-0.25, -0.2) is 18.1 Å². The van der Waals surface area contributed by atoms with Crippen LogP contribution in [-0.4, -0.2) is 26.0 Å². The van der Waals surface area contributed by atoms with E-state index in [4.69, 9.17) is 0 Å². The van der Waals surface area contributed by atoms with Crippen LogP contribution in [0.1, 0.15) is 18.9 Å². The maximum Gasteiger partial charge on any atom is 0.242 e. The van der Waals surface area contributed by atoms with Gasteiger partial charge in [-0.3, -0.25) is 0 Å². The van der Waals surface area contributed by atoms with Crippen LogP contribution in [0.3, 0.4) is 0 Å². The monoisotopic (exact) mass is 325 g/mol. The van der Waals surface area contributed by atoms with Crippen molar-refractivity contribution in [2.75, 3.05) is 11.9 Å².